The predicted octanol–water partition coefficient (Wildman–Crippen LogP) is 15.3. The van der Waals surface area contributed by atoms with Crippen molar-refractivity contribution in [3.05, 3.63) is 194 Å². The van der Waals surface area contributed by atoms with Gasteiger partial charge in [-0.05, 0) is 68.7 Å². The van der Waals surface area contributed by atoms with Crippen molar-refractivity contribution in [1.82, 2.24) is 19.1 Å². The molecule has 0 spiro atoms. The van der Waals surface area contributed by atoms with E-state index >= 15 is 0 Å². The lowest BCUT2D eigenvalue weighted by Gasteiger charge is -2.15. The molecule has 0 radical (unpaired) electrons. The molecular weight excluding hydrogens is 761 g/mol. The van der Waals surface area contributed by atoms with Gasteiger partial charge in [0.15, 0.2) is 5.82 Å². The van der Waals surface area contributed by atoms with Gasteiger partial charge in [0, 0.05) is 53.7 Å². The maximum atomic E-state index is 5.84. The van der Waals surface area contributed by atoms with Crippen molar-refractivity contribution < 1.29 is 0 Å². The first-order valence-corrected chi connectivity index (χ1v) is 21.6. The normalized spacial score (nSPS) is 12.3. The summed E-state index contributed by atoms with van der Waals surface area (Å²) in [5.41, 5.74) is 8.48. The van der Waals surface area contributed by atoms with Crippen molar-refractivity contribution in [2.24, 2.45) is 0 Å². The van der Waals surface area contributed by atoms with E-state index in [4.69, 9.17) is 9.97 Å². The molecule has 0 saturated carbocycles. The van der Waals surface area contributed by atoms with E-state index in [1.807, 2.05) is 0 Å². The molecule has 0 aliphatic heterocycles. The molecule has 0 atom stereocenters. The maximum Gasteiger partial charge on any atom is 0.165 e. The lowest BCUT2D eigenvalue weighted by molar-refractivity contribution is 1.09. The zero-order valence-corrected chi connectivity index (χ0v) is 33.5. The summed E-state index contributed by atoms with van der Waals surface area (Å²) in [5, 5.41) is 15.8. The van der Waals surface area contributed by atoms with Gasteiger partial charge in [-0.3, -0.25) is 4.57 Å². The molecular formula is C56H32N4S. The van der Waals surface area contributed by atoms with Gasteiger partial charge in [0.1, 0.15) is 16.0 Å². The van der Waals surface area contributed by atoms with Crippen LogP contribution < -0.4 is 0 Å². The highest BCUT2D eigenvalue weighted by molar-refractivity contribution is 7.25. The molecule has 4 heterocycles. The Balaban J connectivity index is 1.21. The maximum absolute atomic E-state index is 5.84. The Morgan fingerprint density at radius 1 is 0.361 bits per heavy atom. The minimum Gasteiger partial charge on any atom is -0.309 e. The number of fused-ring (bicyclic) bond motifs is 18. The molecule has 0 fully saturated rings. The average molecular weight is 793 g/mol. The van der Waals surface area contributed by atoms with Gasteiger partial charge < -0.3 is 4.57 Å². The molecule has 0 unspecified atom stereocenters. The highest BCUT2D eigenvalue weighted by Crippen LogP contribution is 2.47. The molecule has 4 nitrogen and oxygen atoms in total. The van der Waals surface area contributed by atoms with Crippen LogP contribution in [0.25, 0.3) is 130 Å². The summed E-state index contributed by atoms with van der Waals surface area (Å²) in [7, 11) is 0. The van der Waals surface area contributed by atoms with Crippen molar-refractivity contribution in [3.63, 3.8) is 0 Å². The van der Waals surface area contributed by atoms with Crippen LogP contribution in [0.3, 0.4) is 0 Å². The second-order valence-corrected chi connectivity index (χ2v) is 17.1. The van der Waals surface area contributed by atoms with E-state index in [0.29, 0.717) is 0 Å². The largest absolute Gasteiger partial charge is 0.309 e. The fourth-order valence-electron chi connectivity index (χ4n) is 10.4. The van der Waals surface area contributed by atoms with Gasteiger partial charge in [0.25, 0.3) is 0 Å². The van der Waals surface area contributed by atoms with Gasteiger partial charge in [-0.1, -0.05) is 158 Å². The number of aromatic nitrogens is 4. The van der Waals surface area contributed by atoms with E-state index in [0.717, 1.165) is 65.9 Å². The van der Waals surface area contributed by atoms with Crippen molar-refractivity contribution >= 4 is 118 Å². The van der Waals surface area contributed by atoms with Crippen molar-refractivity contribution in [2.45, 2.75) is 0 Å². The van der Waals surface area contributed by atoms with Crippen LogP contribution in [0, 0.1) is 0 Å². The highest BCUT2D eigenvalue weighted by atomic mass is 32.1. The van der Waals surface area contributed by atoms with Crippen molar-refractivity contribution in [2.75, 3.05) is 0 Å². The quantitative estimate of drug-likeness (QED) is 0.167. The summed E-state index contributed by atoms with van der Waals surface area (Å²) in [4.78, 5) is 12.5. The number of benzene rings is 10. The average Bonchev–Trinajstić information content (AvgIpc) is 3.99. The highest BCUT2D eigenvalue weighted by Gasteiger charge is 2.26. The van der Waals surface area contributed by atoms with Crippen LogP contribution in [0.5, 0.6) is 0 Å². The van der Waals surface area contributed by atoms with Gasteiger partial charge in [-0.25, -0.2) is 9.97 Å². The van der Waals surface area contributed by atoms with Crippen LogP contribution in [0.15, 0.2) is 194 Å². The first kappa shape index (κ1) is 33.0. The summed E-state index contributed by atoms with van der Waals surface area (Å²) in [6, 6.07) is 70.5. The first-order chi connectivity index (χ1) is 30.3. The fourth-order valence-corrected chi connectivity index (χ4v) is 11.4. The van der Waals surface area contributed by atoms with E-state index in [1.54, 1.807) is 11.3 Å². The number of nitrogens with zero attached hydrogens (tertiary/aromatic N) is 4. The topological polar surface area (TPSA) is 35.6 Å². The smallest absolute Gasteiger partial charge is 0.165 e. The van der Waals surface area contributed by atoms with Crippen molar-refractivity contribution in [3.8, 4) is 22.8 Å². The Bertz CT molecular complexity index is 4140. The third-order valence-corrected chi connectivity index (χ3v) is 13.9. The summed E-state index contributed by atoms with van der Waals surface area (Å²) in [6.45, 7) is 0. The SMILES string of the molecule is c1ccc(-n2c3ccccc3c3c(-c4nc5sc6ccccc6c5nc4-n4c5ccc6c7ccccc7c7ccccc7c6c5c5ccc6ccccc6c54)cccc32)cc1. The Hall–Kier alpha value is -7.86. The molecule has 14 rings (SSSR count). The van der Waals surface area contributed by atoms with E-state index in [2.05, 4.69) is 203 Å². The second-order valence-electron chi connectivity index (χ2n) is 16.0. The van der Waals surface area contributed by atoms with E-state index < -0.39 is 0 Å². The van der Waals surface area contributed by atoms with Crippen LogP contribution in [-0.4, -0.2) is 19.1 Å². The number of hydrogen-bond acceptors (Lipinski definition) is 3. The Morgan fingerprint density at radius 3 is 1.79 bits per heavy atom. The monoisotopic (exact) mass is 792 g/mol. The Labute approximate surface area is 352 Å². The number of hydrogen-bond donors (Lipinski definition) is 0. The Kier molecular flexibility index (Phi) is 6.68. The molecule has 0 bridgehead atoms. The second kappa shape index (κ2) is 12.3. The minimum atomic E-state index is 0.820. The number of para-hydroxylation sites is 2. The van der Waals surface area contributed by atoms with Gasteiger partial charge in [0.05, 0.1) is 22.1 Å². The van der Waals surface area contributed by atoms with Crippen LogP contribution in [0.2, 0.25) is 0 Å². The predicted molar refractivity (Wildman–Crippen MR) is 259 cm³/mol. The molecule has 14 aromatic rings. The van der Waals surface area contributed by atoms with Crippen LogP contribution in [0.1, 0.15) is 0 Å². The van der Waals surface area contributed by atoms with E-state index in [1.165, 1.54) is 63.9 Å². The first-order valence-electron chi connectivity index (χ1n) is 20.8. The molecule has 10 aromatic carbocycles. The number of thiophene rings is 1. The summed E-state index contributed by atoms with van der Waals surface area (Å²) >= 11 is 1.71. The minimum absolute atomic E-state index is 0.820. The molecule has 4 aromatic heterocycles. The summed E-state index contributed by atoms with van der Waals surface area (Å²) < 4.78 is 6.01. The van der Waals surface area contributed by atoms with Crippen LogP contribution in [-0.2, 0) is 0 Å². The fraction of sp³-hybridized carbons (Fsp3) is 0. The van der Waals surface area contributed by atoms with Gasteiger partial charge in [-0.2, -0.15) is 0 Å². The molecule has 0 aliphatic rings. The molecule has 0 aliphatic carbocycles. The lowest BCUT2D eigenvalue weighted by Crippen LogP contribution is -2.03. The van der Waals surface area contributed by atoms with Gasteiger partial charge in [0.2, 0.25) is 0 Å². The third kappa shape index (κ3) is 4.48. The molecule has 0 saturated heterocycles. The molecule has 282 valence electrons. The lowest BCUT2D eigenvalue weighted by atomic mass is 9.91. The van der Waals surface area contributed by atoms with Crippen LogP contribution in [0.4, 0.5) is 0 Å². The molecule has 61 heavy (non-hydrogen) atoms. The molecule has 0 amide bonds. The third-order valence-electron chi connectivity index (χ3n) is 12.9. The van der Waals surface area contributed by atoms with Crippen molar-refractivity contribution in [1.29, 1.82) is 0 Å². The summed E-state index contributed by atoms with van der Waals surface area (Å²) in [6.07, 6.45) is 0. The van der Waals surface area contributed by atoms with Gasteiger partial charge >= 0.3 is 0 Å². The summed E-state index contributed by atoms with van der Waals surface area (Å²) in [5.74, 6) is 0.820. The van der Waals surface area contributed by atoms with Gasteiger partial charge in [-0.15, -0.1) is 11.3 Å². The van der Waals surface area contributed by atoms with Crippen LogP contribution >= 0.6 is 11.3 Å². The number of rotatable bonds is 3. The molecule has 5 heteroatoms. The standard InChI is InChI=1S/C56H32N4S/c1-2-16-34(17-3-1)59-45-26-12-10-23-41(45)49-43(25-14-27-46(49)59)52-55(57-53-42-24-11-13-28-48(42)61-56(53)58-52)60-47-32-31-40-38-21-7-6-19-36(38)37-20-8-9-22-39(37)50(40)51(47)44-30-29-33-15-4-5-18-35(33)54(44)60/h1-32H. The van der Waals surface area contributed by atoms with E-state index in [-0.39, 0.29) is 0 Å². The van der Waals surface area contributed by atoms with E-state index in [9.17, 15) is 0 Å². The zero-order valence-electron chi connectivity index (χ0n) is 32.7. The Morgan fingerprint density at radius 2 is 0.967 bits per heavy atom. The molecule has 0 N–H and O–H groups in total. The zero-order chi connectivity index (χ0) is 39.8.